The van der Waals surface area contributed by atoms with Crippen LogP contribution in [-0.4, -0.2) is 12.0 Å². The zero-order valence-corrected chi connectivity index (χ0v) is 11.5. The molecule has 0 radical (unpaired) electrons. The summed E-state index contributed by atoms with van der Waals surface area (Å²) in [5, 5.41) is 4.63. The molecule has 2 rings (SSSR count). The van der Waals surface area contributed by atoms with Gasteiger partial charge < -0.3 is 5.32 Å². The third-order valence-corrected chi connectivity index (χ3v) is 3.72. The molecule has 0 bridgehead atoms. The summed E-state index contributed by atoms with van der Waals surface area (Å²) in [5.74, 6) is 0.738. The largest absolute Gasteiger partial charge is 0.313 e. The molecule has 0 amide bonds. The minimum atomic E-state index is 0.423. The Labute approximate surface area is 109 Å². The summed E-state index contributed by atoms with van der Waals surface area (Å²) in [6, 6.07) is 11.1. The first kappa shape index (κ1) is 13.0. The molecule has 18 heavy (non-hydrogen) atoms. The van der Waals surface area contributed by atoms with Crippen molar-refractivity contribution < 1.29 is 0 Å². The topological polar surface area (TPSA) is 24.9 Å². The van der Waals surface area contributed by atoms with Gasteiger partial charge in [0.1, 0.15) is 0 Å². The molecule has 1 N–H and O–H groups in total. The number of pyridine rings is 1. The smallest absolute Gasteiger partial charge is 0.0705 e. The van der Waals surface area contributed by atoms with E-state index in [2.05, 4.69) is 48.4 Å². The maximum Gasteiger partial charge on any atom is 0.0705 e. The lowest BCUT2D eigenvalue weighted by Crippen LogP contribution is -2.18. The second kappa shape index (κ2) is 5.96. The zero-order valence-electron chi connectivity index (χ0n) is 11.5. The molecule has 0 aliphatic rings. The molecule has 0 saturated carbocycles. The minimum Gasteiger partial charge on any atom is -0.313 e. The molecule has 1 heterocycles. The van der Waals surface area contributed by atoms with Gasteiger partial charge in [-0.25, -0.2) is 0 Å². The third-order valence-electron chi connectivity index (χ3n) is 3.72. The first-order chi connectivity index (χ1) is 8.74. The molecule has 0 fully saturated rings. The number of aromatic nitrogens is 1. The molecule has 2 unspecified atom stereocenters. The van der Waals surface area contributed by atoms with Crippen LogP contribution >= 0.6 is 0 Å². The summed E-state index contributed by atoms with van der Waals surface area (Å²) in [6.45, 7) is 4.56. The first-order valence-corrected chi connectivity index (χ1v) is 6.76. The summed E-state index contributed by atoms with van der Waals surface area (Å²) in [7, 11) is 2.04. The van der Waals surface area contributed by atoms with Crippen LogP contribution in [0.15, 0.2) is 36.5 Å². The van der Waals surface area contributed by atoms with E-state index in [-0.39, 0.29) is 0 Å². The number of benzene rings is 1. The fourth-order valence-corrected chi connectivity index (χ4v) is 2.29. The number of rotatable bonds is 5. The van der Waals surface area contributed by atoms with E-state index in [9.17, 15) is 0 Å². The van der Waals surface area contributed by atoms with Gasteiger partial charge in [0.15, 0.2) is 0 Å². The van der Waals surface area contributed by atoms with E-state index < -0.39 is 0 Å². The summed E-state index contributed by atoms with van der Waals surface area (Å²) in [6.07, 6.45) is 4.25. The summed E-state index contributed by atoms with van der Waals surface area (Å²) in [5.41, 5.74) is 2.42. The van der Waals surface area contributed by atoms with Crippen molar-refractivity contribution in [1.82, 2.24) is 10.3 Å². The van der Waals surface area contributed by atoms with E-state index in [1.54, 1.807) is 0 Å². The Morgan fingerprint density at radius 3 is 2.83 bits per heavy atom. The standard InChI is InChI=1S/C16H22N2/c1-4-12(2)10-15(17-3)14-8-7-13-6-5-9-18-16(13)11-14/h5-9,11-12,15,17H,4,10H2,1-3H3. The molecule has 1 aromatic carbocycles. The van der Waals surface area contributed by atoms with Gasteiger partial charge in [-0.3, -0.25) is 4.98 Å². The van der Waals surface area contributed by atoms with Crippen molar-refractivity contribution in [3.8, 4) is 0 Å². The van der Waals surface area contributed by atoms with Gasteiger partial charge in [-0.15, -0.1) is 0 Å². The fraction of sp³-hybridized carbons (Fsp3) is 0.438. The van der Waals surface area contributed by atoms with E-state index in [1.165, 1.54) is 23.8 Å². The highest BCUT2D eigenvalue weighted by molar-refractivity contribution is 5.78. The summed E-state index contributed by atoms with van der Waals surface area (Å²) in [4.78, 5) is 4.43. The second-order valence-electron chi connectivity index (χ2n) is 5.05. The Morgan fingerprint density at radius 1 is 1.28 bits per heavy atom. The normalized spacial score (nSPS) is 14.6. The molecule has 1 aromatic heterocycles. The highest BCUT2D eigenvalue weighted by Gasteiger charge is 2.13. The summed E-state index contributed by atoms with van der Waals surface area (Å²) >= 11 is 0. The molecule has 2 aromatic rings. The Kier molecular flexibility index (Phi) is 4.32. The van der Waals surface area contributed by atoms with Crippen LogP contribution in [0.3, 0.4) is 0 Å². The average Bonchev–Trinajstić information content (AvgIpc) is 2.44. The van der Waals surface area contributed by atoms with Crippen LogP contribution < -0.4 is 5.32 Å². The zero-order chi connectivity index (χ0) is 13.0. The van der Waals surface area contributed by atoms with Crippen LogP contribution in [0.5, 0.6) is 0 Å². The molecule has 96 valence electrons. The highest BCUT2D eigenvalue weighted by Crippen LogP contribution is 2.25. The molecule has 2 heteroatoms. The van der Waals surface area contributed by atoms with Crippen LogP contribution in [0.1, 0.15) is 38.3 Å². The van der Waals surface area contributed by atoms with Gasteiger partial charge in [-0.05, 0) is 37.1 Å². The monoisotopic (exact) mass is 242 g/mol. The average molecular weight is 242 g/mol. The summed E-state index contributed by atoms with van der Waals surface area (Å²) < 4.78 is 0. The predicted molar refractivity (Wildman–Crippen MR) is 77.6 cm³/mol. The molecular formula is C16H22N2. The molecule has 0 aliphatic carbocycles. The lowest BCUT2D eigenvalue weighted by Gasteiger charge is -2.20. The van der Waals surface area contributed by atoms with Gasteiger partial charge in [0.25, 0.3) is 0 Å². The molecule has 0 spiro atoms. The van der Waals surface area contributed by atoms with E-state index in [0.29, 0.717) is 6.04 Å². The Hall–Kier alpha value is -1.41. The Bertz CT molecular complexity index is 507. The fourth-order valence-electron chi connectivity index (χ4n) is 2.29. The quantitative estimate of drug-likeness (QED) is 0.859. The van der Waals surface area contributed by atoms with Crippen LogP contribution in [0.25, 0.3) is 10.9 Å². The van der Waals surface area contributed by atoms with E-state index in [1.807, 2.05) is 19.3 Å². The van der Waals surface area contributed by atoms with Crippen molar-refractivity contribution in [1.29, 1.82) is 0 Å². The van der Waals surface area contributed by atoms with Crippen LogP contribution in [-0.2, 0) is 0 Å². The molecule has 2 nitrogen and oxygen atoms in total. The van der Waals surface area contributed by atoms with Crippen LogP contribution in [0.2, 0.25) is 0 Å². The van der Waals surface area contributed by atoms with Crippen molar-refractivity contribution >= 4 is 10.9 Å². The van der Waals surface area contributed by atoms with Gasteiger partial charge in [-0.1, -0.05) is 38.5 Å². The molecule has 2 atom stereocenters. The van der Waals surface area contributed by atoms with Crippen LogP contribution in [0, 0.1) is 5.92 Å². The van der Waals surface area contributed by atoms with Gasteiger partial charge in [-0.2, -0.15) is 0 Å². The predicted octanol–water partition coefficient (Wildman–Crippen LogP) is 3.93. The Balaban J connectivity index is 2.27. The van der Waals surface area contributed by atoms with E-state index in [0.717, 1.165) is 11.4 Å². The number of nitrogens with zero attached hydrogens (tertiary/aromatic N) is 1. The van der Waals surface area contributed by atoms with Crippen molar-refractivity contribution in [2.24, 2.45) is 5.92 Å². The minimum absolute atomic E-state index is 0.423. The maximum atomic E-state index is 4.43. The van der Waals surface area contributed by atoms with Crippen LogP contribution in [0.4, 0.5) is 0 Å². The Morgan fingerprint density at radius 2 is 2.11 bits per heavy atom. The van der Waals surface area contributed by atoms with Gasteiger partial charge in [0.05, 0.1) is 5.52 Å². The SMILES string of the molecule is CCC(C)CC(NC)c1ccc2cccnc2c1. The molecule has 0 aliphatic heterocycles. The number of fused-ring (bicyclic) bond motifs is 1. The molecular weight excluding hydrogens is 220 g/mol. The number of nitrogens with one attached hydrogen (secondary N) is 1. The molecule has 0 saturated heterocycles. The maximum absolute atomic E-state index is 4.43. The number of hydrogen-bond acceptors (Lipinski definition) is 2. The van der Waals surface area contributed by atoms with Crippen molar-refractivity contribution in [3.63, 3.8) is 0 Å². The van der Waals surface area contributed by atoms with E-state index in [4.69, 9.17) is 0 Å². The third kappa shape index (κ3) is 2.88. The highest BCUT2D eigenvalue weighted by atomic mass is 14.9. The lowest BCUT2D eigenvalue weighted by atomic mass is 9.94. The first-order valence-electron chi connectivity index (χ1n) is 6.76. The van der Waals surface area contributed by atoms with Crippen molar-refractivity contribution in [3.05, 3.63) is 42.1 Å². The lowest BCUT2D eigenvalue weighted by molar-refractivity contribution is 0.422. The van der Waals surface area contributed by atoms with Gasteiger partial charge in [0, 0.05) is 17.6 Å². The second-order valence-corrected chi connectivity index (χ2v) is 5.05. The van der Waals surface area contributed by atoms with E-state index >= 15 is 0 Å². The van der Waals surface area contributed by atoms with Crippen molar-refractivity contribution in [2.45, 2.75) is 32.7 Å². The number of hydrogen-bond donors (Lipinski definition) is 1. The van der Waals surface area contributed by atoms with Gasteiger partial charge in [0.2, 0.25) is 0 Å². The van der Waals surface area contributed by atoms with Gasteiger partial charge >= 0.3 is 0 Å². The van der Waals surface area contributed by atoms with Crippen molar-refractivity contribution in [2.75, 3.05) is 7.05 Å².